The summed E-state index contributed by atoms with van der Waals surface area (Å²) in [5, 5.41) is 0. The summed E-state index contributed by atoms with van der Waals surface area (Å²) in [4.78, 5) is 44.9. The summed E-state index contributed by atoms with van der Waals surface area (Å²) >= 11 is 0. The van der Waals surface area contributed by atoms with Gasteiger partial charge in [-0.05, 0) is 78.8 Å². The van der Waals surface area contributed by atoms with Crippen LogP contribution >= 0.6 is 0 Å². The number of carbonyl (C=O) groups excluding carboxylic acids is 1. The molecule has 0 spiro atoms. The van der Waals surface area contributed by atoms with E-state index in [2.05, 4.69) is 29.0 Å². The molecular weight excluding hydrogens is 496 g/mol. The standard InChI is InChI=1S/C30H34N4O5/c1-3-4-15-34-26-18-25(31-28(26)29(36)32-30(34)37)22-7-11-24(12-8-22)39-19-27(35)33-16-13-21(14-17-33)20-5-9-23(38-2)10-6-20/h5-12,18,21,31H,3-4,13-17,19H2,1-2H3,(H,32,36,37). The Morgan fingerprint density at radius 2 is 1.67 bits per heavy atom. The topological polar surface area (TPSA) is 109 Å². The van der Waals surface area contributed by atoms with Gasteiger partial charge in [0.1, 0.15) is 17.0 Å². The summed E-state index contributed by atoms with van der Waals surface area (Å²) in [7, 11) is 1.66. The number of carbonyl (C=O) groups is 1. The molecule has 5 rings (SSSR count). The van der Waals surface area contributed by atoms with Crippen molar-refractivity contribution in [1.29, 1.82) is 0 Å². The van der Waals surface area contributed by atoms with Crippen molar-refractivity contribution in [3.8, 4) is 22.8 Å². The van der Waals surface area contributed by atoms with Crippen molar-refractivity contribution >= 4 is 16.9 Å². The average Bonchev–Trinajstić information content (AvgIpc) is 3.42. The van der Waals surface area contributed by atoms with Crippen LogP contribution in [0.15, 0.2) is 64.2 Å². The number of aryl methyl sites for hydroxylation is 1. The van der Waals surface area contributed by atoms with Crippen LogP contribution in [-0.4, -0.2) is 52.1 Å². The van der Waals surface area contributed by atoms with E-state index in [1.807, 2.05) is 35.2 Å². The van der Waals surface area contributed by atoms with Gasteiger partial charge in [-0.25, -0.2) is 4.79 Å². The van der Waals surface area contributed by atoms with Crippen molar-refractivity contribution in [3.05, 3.63) is 81.0 Å². The van der Waals surface area contributed by atoms with Crippen LogP contribution in [0.5, 0.6) is 11.5 Å². The minimum absolute atomic E-state index is 0.0159. The molecule has 2 N–H and O–H groups in total. The number of piperidine rings is 1. The molecule has 0 aliphatic carbocycles. The fourth-order valence-corrected chi connectivity index (χ4v) is 5.17. The van der Waals surface area contributed by atoms with Crippen molar-refractivity contribution in [2.75, 3.05) is 26.8 Å². The highest BCUT2D eigenvalue weighted by Gasteiger charge is 2.24. The molecule has 0 saturated carbocycles. The number of fused-ring (bicyclic) bond motifs is 1. The van der Waals surface area contributed by atoms with Gasteiger partial charge in [-0.3, -0.25) is 19.1 Å². The molecule has 204 valence electrons. The van der Waals surface area contributed by atoms with Crippen molar-refractivity contribution < 1.29 is 14.3 Å². The lowest BCUT2D eigenvalue weighted by Gasteiger charge is -2.32. The van der Waals surface area contributed by atoms with Gasteiger partial charge >= 0.3 is 5.69 Å². The number of hydrogen-bond acceptors (Lipinski definition) is 5. The Labute approximate surface area is 226 Å². The van der Waals surface area contributed by atoms with Crippen LogP contribution < -0.4 is 20.7 Å². The number of methoxy groups -OCH3 is 1. The third-order valence-electron chi connectivity index (χ3n) is 7.48. The van der Waals surface area contributed by atoms with Crippen LogP contribution in [0.25, 0.3) is 22.3 Å². The lowest BCUT2D eigenvalue weighted by Crippen LogP contribution is -2.40. The van der Waals surface area contributed by atoms with Gasteiger partial charge in [-0.1, -0.05) is 25.5 Å². The number of amides is 1. The summed E-state index contributed by atoms with van der Waals surface area (Å²) in [6.45, 7) is 4.00. The molecule has 1 fully saturated rings. The number of nitrogens with one attached hydrogen (secondary N) is 2. The van der Waals surface area contributed by atoms with Crippen LogP contribution in [0.1, 0.15) is 44.1 Å². The third-order valence-corrected chi connectivity index (χ3v) is 7.48. The lowest BCUT2D eigenvalue weighted by molar-refractivity contribution is -0.134. The molecule has 0 radical (unpaired) electrons. The van der Waals surface area contributed by atoms with Gasteiger partial charge in [-0.15, -0.1) is 0 Å². The van der Waals surface area contributed by atoms with E-state index in [0.29, 0.717) is 42.3 Å². The number of likely N-dealkylation sites (tertiary alicyclic amines) is 1. The minimum atomic E-state index is -0.430. The smallest absolute Gasteiger partial charge is 0.328 e. The Bertz CT molecular complexity index is 1540. The van der Waals surface area contributed by atoms with Crippen molar-refractivity contribution in [2.24, 2.45) is 0 Å². The number of rotatable bonds is 9. The zero-order chi connectivity index (χ0) is 27.4. The quantitative estimate of drug-likeness (QED) is 0.336. The Morgan fingerprint density at radius 1 is 0.974 bits per heavy atom. The maximum absolute atomic E-state index is 12.8. The molecule has 0 bridgehead atoms. The van der Waals surface area contributed by atoms with E-state index in [9.17, 15) is 14.4 Å². The van der Waals surface area contributed by atoms with E-state index in [0.717, 1.165) is 42.7 Å². The number of H-pyrrole nitrogens is 2. The van der Waals surface area contributed by atoms with Gasteiger partial charge < -0.3 is 19.4 Å². The molecule has 39 heavy (non-hydrogen) atoms. The number of benzene rings is 2. The van der Waals surface area contributed by atoms with Crippen molar-refractivity contribution in [3.63, 3.8) is 0 Å². The number of nitrogens with zero attached hydrogens (tertiary/aromatic N) is 2. The van der Waals surface area contributed by atoms with Crippen LogP contribution in [0.4, 0.5) is 0 Å². The Hall–Kier alpha value is -4.27. The highest BCUT2D eigenvalue weighted by Crippen LogP contribution is 2.29. The van der Waals surface area contributed by atoms with E-state index in [1.165, 1.54) is 5.56 Å². The molecule has 3 heterocycles. The number of aromatic amines is 2. The second-order valence-electron chi connectivity index (χ2n) is 9.95. The van der Waals surface area contributed by atoms with Crippen LogP contribution in [-0.2, 0) is 11.3 Å². The molecule has 1 aliphatic heterocycles. The van der Waals surface area contributed by atoms with Gasteiger partial charge in [0.05, 0.1) is 12.6 Å². The molecule has 1 aliphatic rings. The lowest BCUT2D eigenvalue weighted by atomic mass is 9.89. The van der Waals surface area contributed by atoms with E-state index >= 15 is 0 Å². The van der Waals surface area contributed by atoms with E-state index in [4.69, 9.17) is 9.47 Å². The second-order valence-corrected chi connectivity index (χ2v) is 9.95. The molecule has 9 heteroatoms. The first kappa shape index (κ1) is 26.3. The molecular formula is C30H34N4O5. The Morgan fingerprint density at radius 3 is 2.33 bits per heavy atom. The SMILES string of the molecule is CCCCn1c(=O)[nH]c(=O)c2[nH]c(-c3ccc(OCC(=O)N4CCC(c5ccc(OC)cc5)CC4)cc3)cc21. The Balaban J connectivity index is 1.18. The summed E-state index contributed by atoms with van der Waals surface area (Å²) < 4.78 is 12.6. The maximum Gasteiger partial charge on any atom is 0.328 e. The first-order chi connectivity index (χ1) is 19.0. The van der Waals surface area contributed by atoms with Gasteiger partial charge in [0.2, 0.25) is 0 Å². The van der Waals surface area contributed by atoms with Crippen molar-refractivity contribution in [2.45, 2.75) is 45.1 Å². The predicted molar refractivity (Wildman–Crippen MR) is 151 cm³/mol. The number of ether oxygens (including phenoxy) is 2. The normalized spacial score (nSPS) is 14.1. The van der Waals surface area contributed by atoms with Crippen LogP contribution in [0.2, 0.25) is 0 Å². The maximum atomic E-state index is 12.8. The second kappa shape index (κ2) is 11.6. The fourth-order valence-electron chi connectivity index (χ4n) is 5.17. The molecule has 1 saturated heterocycles. The summed E-state index contributed by atoms with van der Waals surface area (Å²) in [6.07, 6.45) is 3.63. The summed E-state index contributed by atoms with van der Waals surface area (Å²) in [5.74, 6) is 1.86. The number of hydrogen-bond donors (Lipinski definition) is 2. The first-order valence-electron chi connectivity index (χ1n) is 13.5. The van der Waals surface area contributed by atoms with E-state index in [1.54, 1.807) is 23.8 Å². The predicted octanol–water partition coefficient (Wildman–Crippen LogP) is 4.28. The van der Waals surface area contributed by atoms with Crippen molar-refractivity contribution in [1.82, 2.24) is 19.4 Å². The molecule has 1 amide bonds. The highest BCUT2D eigenvalue weighted by molar-refractivity contribution is 5.82. The van der Waals surface area contributed by atoms with Crippen LogP contribution in [0.3, 0.4) is 0 Å². The number of unbranched alkanes of at least 4 members (excludes halogenated alkanes) is 1. The van der Waals surface area contributed by atoms with Gasteiger partial charge in [0.15, 0.2) is 6.61 Å². The first-order valence-corrected chi connectivity index (χ1v) is 13.5. The third kappa shape index (κ3) is 5.77. The Kier molecular flexibility index (Phi) is 7.86. The molecule has 0 atom stereocenters. The highest BCUT2D eigenvalue weighted by atomic mass is 16.5. The fraction of sp³-hybridized carbons (Fsp3) is 0.367. The molecule has 2 aromatic carbocycles. The average molecular weight is 531 g/mol. The van der Waals surface area contributed by atoms with Gasteiger partial charge in [0.25, 0.3) is 11.5 Å². The molecule has 9 nitrogen and oxygen atoms in total. The van der Waals surface area contributed by atoms with Crippen LogP contribution in [0, 0.1) is 0 Å². The van der Waals surface area contributed by atoms with Gasteiger partial charge in [0, 0.05) is 25.3 Å². The monoisotopic (exact) mass is 530 g/mol. The summed E-state index contributed by atoms with van der Waals surface area (Å²) in [6, 6.07) is 17.3. The zero-order valence-electron chi connectivity index (χ0n) is 22.4. The largest absolute Gasteiger partial charge is 0.497 e. The number of aromatic nitrogens is 3. The molecule has 0 unspecified atom stereocenters. The molecule has 4 aromatic rings. The van der Waals surface area contributed by atoms with Gasteiger partial charge in [-0.2, -0.15) is 0 Å². The van der Waals surface area contributed by atoms with E-state index < -0.39 is 11.2 Å². The van der Waals surface area contributed by atoms with E-state index in [-0.39, 0.29) is 12.5 Å². The molecule has 2 aromatic heterocycles. The zero-order valence-corrected chi connectivity index (χ0v) is 22.4. The minimum Gasteiger partial charge on any atom is -0.497 e. The summed E-state index contributed by atoms with van der Waals surface area (Å²) in [5.41, 5.74) is 3.00.